The summed E-state index contributed by atoms with van der Waals surface area (Å²) in [4.78, 5) is 21.4. The maximum Gasteiger partial charge on any atom is 0.253 e. The molecule has 0 spiro atoms. The molecule has 4 unspecified atom stereocenters. The van der Waals surface area contributed by atoms with E-state index in [9.17, 15) is 9.90 Å². The van der Waals surface area contributed by atoms with Crippen molar-refractivity contribution in [3.8, 4) is 11.1 Å². The fourth-order valence-corrected chi connectivity index (χ4v) is 8.14. The number of nitrogens with one attached hydrogen (secondary N) is 1. The Bertz CT molecular complexity index is 1970. The van der Waals surface area contributed by atoms with E-state index in [0.29, 0.717) is 12.1 Å². The number of aromatic nitrogens is 2. The second-order valence-corrected chi connectivity index (χ2v) is 14.1. The molecule has 2 N–H and O–H groups in total. The van der Waals surface area contributed by atoms with E-state index in [2.05, 4.69) is 47.6 Å². The van der Waals surface area contributed by atoms with Crippen molar-refractivity contribution >= 4 is 39.2 Å². The van der Waals surface area contributed by atoms with Gasteiger partial charge in [-0.2, -0.15) is 0 Å². The monoisotopic (exact) mass is 673 g/mol. The van der Waals surface area contributed by atoms with Crippen molar-refractivity contribution < 1.29 is 19.4 Å². The van der Waals surface area contributed by atoms with Gasteiger partial charge in [0.1, 0.15) is 0 Å². The third-order valence-electron chi connectivity index (χ3n) is 8.56. The Labute approximate surface area is 288 Å². The number of carbonyl (C=O) groups excluding carboxylic acids is 1. The van der Waals surface area contributed by atoms with Crippen LogP contribution in [0.3, 0.4) is 0 Å². The lowest BCUT2D eigenvalue weighted by Crippen LogP contribution is -2.38. The standard InChI is InChI=1S/C39H35N3O4S2/c1-25-34(24-47-39-42-33-12-2-3-13-35(33)48-39)45-38(46-36(25)28-16-14-26(23-43)15-17-28)31-10-5-9-30(20-31)29-8-4-7-27(19-29)21-41-37(44)32-11-6-18-40-22-32/h2-20,22,25,34,36,38,43H,21,23-24H2,1H3,(H,41,44). The van der Waals surface area contributed by atoms with Gasteiger partial charge in [0.25, 0.3) is 5.91 Å². The lowest BCUT2D eigenvalue weighted by Gasteiger charge is -2.41. The van der Waals surface area contributed by atoms with Gasteiger partial charge in [0, 0.05) is 36.2 Å². The van der Waals surface area contributed by atoms with Crippen LogP contribution in [0.25, 0.3) is 21.3 Å². The fourth-order valence-electron chi connectivity index (χ4n) is 5.88. The minimum absolute atomic E-state index is 0.000601. The van der Waals surface area contributed by atoms with Gasteiger partial charge in [0.05, 0.1) is 34.6 Å². The molecule has 1 saturated heterocycles. The van der Waals surface area contributed by atoms with Crippen LogP contribution in [0.4, 0.5) is 0 Å². The number of carbonyl (C=O) groups is 1. The quantitative estimate of drug-likeness (QED) is 0.141. The Morgan fingerprint density at radius 2 is 1.69 bits per heavy atom. The van der Waals surface area contributed by atoms with E-state index >= 15 is 0 Å². The molecule has 7 nitrogen and oxygen atoms in total. The van der Waals surface area contributed by atoms with Crippen molar-refractivity contribution in [2.45, 2.75) is 42.9 Å². The van der Waals surface area contributed by atoms with E-state index in [-0.39, 0.29) is 30.6 Å². The summed E-state index contributed by atoms with van der Waals surface area (Å²) in [6.07, 6.45) is 2.33. The number of thioether (sulfide) groups is 1. The van der Waals surface area contributed by atoms with Crippen molar-refractivity contribution in [2.24, 2.45) is 5.92 Å². The second-order valence-electron chi connectivity index (χ2n) is 11.8. The van der Waals surface area contributed by atoms with Gasteiger partial charge in [-0.25, -0.2) is 4.98 Å². The van der Waals surface area contributed by atoms with Crippen molar-refractivity contribution in [3.05, 3.63) is 149 Å². The minimum Gasteiger partial charge on any atom is -0.392 e. The first-order valence-corrected chi connectivity index (χ1v) is 17.7. The first kappa shape index (κ1) is 32.2. The zero-order valence-electron chi connectivity index (χ0n) is 26.4. The molecule has 1 amide bonds. The van der Waals surface area contributed by atoms with Gasteiger partial charge in [0.15, 0.2) is 10.6 Å². The molecule has 6 aromatic rings. The third kappa shape index (κ3) is 7.36. The minimum atomic E-state index is -0.577. The lowest BCUT2D eigenvalue weighted by atomic mass is 9.91. The molecule has 0 saturated carbocycles. The highest BCUT2D eigenvalue weighted by molar-refractivity contribution is 8.01. The van der Waals surface area contributed by atoms with Crippen LogP contribution < -0.4 is 5.32 Å². The molecule has 4 atom stereocenters. The maximum atomic E-state index is 12.6. The van der Waals surface area contributed by atoms with E-state index in [1.807, 2.05) is 66.7 Å². The molecular formula is C39H35N3O4S2. The molecule has 1 aliphatic rings. The van der Waals surface area contributed by atoms with Gasteiger partial charge in [-0.3, -0.25) is 9.78 Å². The first-order valence-electron chi connectivity index (χ1n) is 15.9. The number of fused-ring (bicyclic) bond motifs is 1. The number of hydrogen-bond acceptors (Lipinski definition) is 8. The van der Waals surface area contributed by atoms with Crippen LogP contribution in [0.2, 0.25) is 0 Å². The van der Waals surface area contributed by atoms with Crippen LogP contribution in [-0.2, 0) is 22.6 Å². The summed E-state index contributed by atoms with van der Waals surface area (Å²) in [6.45, 7) is 2.58. The number of hydrogen-bond donors (Lipinski definition) is 2. The van der Waals surface area contributed by atoms with Crippen LogP contribution in [0.15, 0.2) is 126 Å². The predicted molar refractivity (Wildman–Crippen MR) is 191 cm³/mol. The number of aliphatic hydroxyl groups excluding tert-OH is 1. The number of rotatable bonds is 10. The summed E-state index contributed by atoms with van der Waals surface area (Å²) in [5.41, 5.74) is 7.46. The summed E-state index contributed by atoms with van der Waals surface area (Å²) in [5, 5.41) is 12.6. The zero-order chi connectivity index (χ0) is 32.9. The molecule has 0 radical (unpaired) electrons. The van der Waals surface area contributed by atoms with Gasteiger partial charge in [-0.15, -0.1) is 11.3 Å². The molecule has 4 aromatic carbocycles. The van der Waals surface area contributed by atoms with E-state index in [4.69, 9.17) is 14.5 Å². The average Bonchev–Trinajstić information content (AvgIpc) is 3.57. The number of aliphatic hydroxyl groups is 1. The van der Waals surface area contributed by atoms with Crippen molar-refractivity contribution in [3.63, 3.8) is 0 Å². The smallest absolute Gasteiger partial charge is 0.253 e. The SMILES string of the molecule is CC1C(CSc2nc3ccccc3s2)OC(c2cccc(-c3cccc(CNC(=O)c4cccnc4)c3)c2)OC1c1ccc(CO)cc1. The molecule has 7 rings (SSSR count). The van der Waals surface area contributed by atoms with Crippen molar-refractivity contribution in [1.82, 2.24) is 15.3 Å². The molecule has 242 valence electrons. The Hall–Kier alpha value is -4.38. The van der Waals surface area contributed by atoms with Gasteiger partial charge < -0.3 is 19.9 Å². The van der Waals surface area contributed by atoms with E-state index in [0.717, 1.165) is 49.0 Å². The fraction of sp³-hybridized carbons (Fsp3) is 0.205. The predicted octanol–water partition coefficient (Wildman–Crippen LogP) is 8.36. The Morgan fingerprint density at radius 1 is 0.875 bits per heavy atom. The third-order valence-corrected chi connectivity index (χ3v) is 10.8. The summed E-state index contributed by atoms with van der Waals surface area (Å²) >= 11 is 3.43. The number of amides is 1. The highest BCUT2D eigenvalue weighted by atomic mass is 32.2. The number of thiazole rings is 1. The normalized spacial score (nSPS) is 19.3. The highest BCUT2D eigenvalue weighted by Gasteiger charge is 2.38. The number of benzene rings is 4. The molecule has 3 heterocycles. The van der Waals surface area contributed by atoms with E-state index < -0.39 is 6.29 Å². The summed E-state index contributed by atoms with van der Waals surface area (Å²) in [5.74, 6) is 0.649. The maximum absolute atomic E-state index is 12.6. The van der Waals surface area contributed by atoms with Gasteiger partial charge >= 0.3 is 0 Å². The average molecular weight is 674 g/mol. The van der Waals surface area contributed by atoms with E-state index in [1.165, 1.54) is 4.70 Å². The van der Waals surface area contributed by atoms with Gasteiger partial charge in [-0.05, 0) is 64.2 Å². The largest absolute Gasteiger partial charge is 0.392 e. The number of para-hydroxylation sites is 1. The highest BCUT2D eigenvalue weighted by Crippen LogP contribution is 2.44. The molecular weight excluding hydrogens is 639 g/mol. The number of nitrogens with zero attached hydrogens (tertiary/aromatic N) is 2. The van der Waals surface area contributed by atoms with Crippen LogP contribution in [0, 0.1) is 5.92 Å². The van der Waals surface area contributed by atoms with Crippen molar-refractivity contribution in [1.29, 1.82) is 0 Å². The van der Waals surface area contributed by atoms with E-state index in [1.54, 1.807) is 47.6 Å². The van der Waals surface area contributed by atoms with Crippen molar-refractivity contribution in [2.75, 3.05) is 5.75 Å². The first-order chi connectivity index (χ1) is 23.5. The lowest BCUT2D eigenvalue weighted by molar-refractivity contribution is -0.268. The zero-order valence-corrected chi connectivity index (χ0v) is 28.0. The van der Waals surface area contributed by atoms with Crippen LogP contribution >= 0.6 is 23.1 Å². The molecule has 1 fully saturated rings. The summed E-state index contributed by atoms with van der Waals surface area (Å²) < 4.78 is 15.7. The molecule has 48 heavy (non-hydrogen) atoms. The topological polar surface area (TPSA) is 93.6 Å². The second kappa shape index (κ2) is 14.8. The molecule has 2 aromatic heterocycles. The number of ether oxygens (including phenoxy) is 2. The Morgan fingerprint density at radius 3 is 2.48 bits per heavy atom. The Balaban J connectivity index is 1.11. The Kier molecular flexibility index (Phi) is 9.92. The molecule has 1 aliphatic heterocycles. The van der Waals surface area contributed by atoms with Gasteiger partial charge in [0.2, 0.25) is 0 Å². The van der Waals surface area contributed by atoms with Crippen LogP contribution in [0.5, 0.6) is 0 Å². The van der Waals surface area contributed by atoms with Crippen LogP contribution in [-0.4, -0.2) is 32.8 Å². The molecule has 0 bridgehead atoms. The summed E-state index contributed by atoms with van der Waals surface area (Å²) in [7, 11) is 0. The van der Waals surface area contributed by atoms with Gasteiger partial charge in [-0.1, -0.05) is 91.5 Å². The van der Waals surface area contributed by atoms with Crippen LogP contribution in [0.1, 0.15) is 51.9 Å². The molecule has 0 aliphatic carbocycles. The molecule has 9 heteroatoms. The number of pyridine rings is 1. The summed E-state index contributed by atoms with van der Waals surface area (Å²) in [6, 6.07) is 36.2.